The Kier molecular flexibility index (Phi) is 2.27. The third kappa shape index (κ3) is 1.49. The molecule has 3 rings (SSSR count). The van der Waals surface area contributed by atoms with E-state index in [2.05, 4.69) is 24.3 Å². The van der Waals surface area contributed by atoms with Gasteiger partial charge in [0.05, 0.1) is 0 Å². The van der Waals surface area contributed by atoms with Gasteiger partial charge in [0.15, 0.2) is 0 Å². The molecular weight excluding hydrogens is 184 g/mol. The monoisotopic (exact) mass is 202 g/mol. The van der Waals surface area contributed by atoms with Crippen LogP contribution in [-0.4, -0.2) is 5.78 Å². The average Bonchev–Trinajstić information content (AvgIpc) is 2.30. The van der Waals surface area contributed by atoms with Crippen molar-refractivity contribution < 1.29 is 4.79 Å². The minimum Gasteiger partial charge on any atom is -0.299 e. The summed E-state index contributed by atoms with van der Waals surface area (Å²) in [5.74, 6) is 2.40. The third-order valence-electron chi connectivity index (χ3n) is 4.36. The zero-order valence-corrected chi connectivity index (χ0v) is 9.06. The molecule has 4 atom stereocenters. The van der Waals surface area contributed by atoms with E-state index in [1.54, 1.807) is 0 Å². The number of Topliss-reactive ketones (excluding diaryl/α,β-unsaturated/α-hetero) is 1. The lowest BCUT2D eigenvalue weighted by molar-refractivity contribution is -0.133. The molecule has 1 fully saturated rings. The lowest BCUT2D eigenvalue weighted by atomic mass is 9.62. The van der Waals surface area contributed by atoms with Crippen molar-refractivity contribution in [1.29, 1.82) is 0 Å². The van der Waals surface area contributed by atoms with Gasteiger partial charge in [0, 0.05) is 11.8 Å². The van der Waals surface area contributed by atoms with E-state index in [-0.39, 0.29) is 0 Å². The van der Waals surface area contributed by atoms with Gasteiger partial charge in [-0.3, -0.25) is 4.79 Å². The Bertz CT molecular complexity index is 296. The summed E-state index contributed by atoms with van der Waals surface area (Å²) >= 11 is 0. The van der Waals surface area contributed by atoms with Crippen LogP contribution in [0, 0.1) is 23.7 Å². The van der Waals surface area contributed by atoms with Crippen LogP contribution in [0.1, 0.15) is 32.1 Å². The minimum atomic E-state index is 0.364. The van der Waals surface area contributed by atoms with Gasteiger partial charge in [-0.15, -0.1) is 0 Å². The topological polar surface area (TPSA) is 17.1 Å². The average molecular weight is 202 g/mol. The Hall–Kier alpha value is -0.850. The molecule has 0 amide bonds. The zero-order chi connectivity index (χ0) is 10.3. The number of carbonyl (C=O) groups excluding carboxylic acids is 1. The van der Waals surface area contributed by atoms with E-state index in [0.717, 1.165) is 25.7 Å². The maximum absolute atomic E-state index is 12.3. The number of carbonyl (C=O) groups is 1. The van der Waals surface area contributed by atoms with E-state index in [1.165, 1.54) is 6.42 Å². The Morgan fingerprint density at radius 3 is 2.00 bits per heavy atom. The van der Waals surface area contributed by atoms with Crippen molar-refractivity contribution >= 4 is 5.78 Å². The molecule has 0 bridgehead atoms. The molecule has 1 nitrogen and oxygen atoms in total. The van der Waals surface area contributed by atoms with Gasteiger partial charge < -0.3 is 0 Å². The predicted octanol–water partition coefficient (Wildman–Crippen LogP) is 3.12. The molecule has 0 heterocycles. The highest BCUT2D eigenvalue weighted by atomic mass is 16.1. The molecule has 0 radical (unpaired) electrons. The first kappa shape index (κ1) is 9.38. The fourth-order valence-electron chi connectivity index (χ4n) is 3.57. The number of ketones is 1. The van der Waals surface area contributed by atoms with Gasteiger partial charge in [-0.1, -0.05) is 24.3 Å². The van der Waals surface area contributed by atoms with Gasteiger partial charge >= 0.3 is 0 Å². The summed E-state index contributed by atoms with van der Waals surface area (Å²) in [6.07, 6.45) is 14.8. The van der Waals surface area contributed by atoms with Gasteiger partial charge in [0.2, 0.25) is 0 Å². The van der Waals surface area contributed by atoms with Crippen LogP contribution in [0.4, 0.5) is 0 Å². The van der Waals surface area contributed by atoms with E-state index in [1.807, 2.05) is 0 Å². The number of hydrogen-bond donors (Lipinski definition) is 0. The molecule has 0 N–H and O–H groups in total. The van der Waals surface area contributed by atoms with Crippen LogP contribution in [0.25, 0.3) is 0 Å². The van der Waals surface area contributed by atoms with Crippen LogP contribution >= 0.6 is 0 Å². The maximum atomic E-state index is 12.3. The molecule has 0 aromatic heterocycles. The molecule has 0 unspecified atom stereocenters. The second kappa shape index (κ2) is 3.62. The minimum absolute atomic E-state index is 0.364. The first-order valence-corrected chi connectivity index (χ1v) is 6.23. The third-order valence-corrected chi connectivity index (χ3v) is 4.36. The number of allylic oxidation sites excluding steroid dienone is 4. The zero-order valence-electron chi connectivity index (χ0n) is 9.06. The Morgan fingerprint density at radius 1 is 0.933 bits per heavy atom. The molecule has 0 aromatic rings. The van der Waals surface area contributed by atoms with Crippen molar-refractivity contribution in [3.05, 3.63) is 24.3 Å². The smallest absolute Gasteiger partial charge is 0.140 e. The van der Waals surface area contributed by atoms with Crippen molar-refractivity contribution in [2.24, 2.45) is 23.7 Å². The summed E-state index contributed by atoms with van der Waals surface area (Å²) < 4.78 is 0. The molecule has 1 saturated carbocycles. The highest BCUT2D eigenvalue weighted by Gasteiger charge is 2.42. The predicted molar refractivity (Wildman–Crippen MR) is 60.3 cm³/mol. The summed E-state index contributed by atoms with van der Waals surface area (Å²) in [6.45, 7) is 0. The maximum Gasteiger partial charge on any atom is 0.140 e. The summed E-state index contributed by atoms with van der Waals surface area (Å²) in [5.41, 5.74) is 0. The molecule has 0 aliphatic heterocycles. The highest BCUT2D eigenvalue weighted by molar-refractivity contribution is 5.85. The molecule has 0 spiro atoms. The molecular formula is C14H18O. The van der Waals surface area contributed by atoms with Gasteiger partial charge in [0.1, 0.15) is 5.78 Å². The van der Waals surface area contributed by atoms with Crippen molar-refractivity contribution in [2.45, 2.75) is 32.1 Å². The van der Waals surface area contributed by atoms with Crippen LogP contribution in [0.15, 0.2) is 24.3 Å². The Labute approximate surface area is 91.2 Å². The van der Waals surface area contributed by atoms with Crippen molar-refractivity contribution in [2.75, 3.05) is 0 Å². The molecule has 1 heteroatoms. The van der Waals surface area contributed by atoms with E-state index in [0.29, 0.717) is 29.5 Å². The van der Waals surface area contributed by atoms with Crippen LogP contribution < -0.4 is 0 Å². The SMILES string of the molecule is O=C1[C@H]2CCC=C[C@H]2C[C@H]2C=CCC[C@@H]12. The van der Waals surface area contributed by atoms with Crippen molar-refractivity contribution in [1.82, 2.24) is 0 Å². The molecule has 80 valence electrons. The Balaban J connectivity index is 1.89. The quantitative estimate of drug-likeness (QED) is 0.551. The van der Waals surface area contributed by atoms with E-state index >= 15 is 0 Å². The van der Waals surface area contributed by atoms with E-state index in [9.17, 15) is 4.79 Å². The van der Waals surface area contributed by atoms with E-state index in [4.69, 9.17) is 0 Å². The lowest BCUT2D eigenvalue weighted by Crippen LogP contribution is -2.41. The first-order valence-electron chi connectivity index (χ1n) is 6.23. The summed E-state index contributed by atoms with van der Waals surface area (Å²) in [7, 11) is 0. The van der Waals surface area contributed by atoms with Gasteiger partial charge in [-0.25, -0.2) is 0 Å². The molecule has 0 aromatic carbocycles. The van der Waals surface area contributed by atoms with Gasteiger partial charge in [-0.2, -0.15) is 0 Å². The molecule has 15 heavy (non-hydrogen) atoms. The van der Waals surface area contributed by atoms with Crippen molar-refractivity contribution in [3.8, 4) is 0 Å². The van der Waals surface area contributed by atoms with E-state index < -0.39 is 0 Å². The Morgan fingerprint density at radius 2 is 1.47 bits per heavy atom. The summed E-state index contributed by atoms with van der Waals surface area (Å²) in [5, 5.41) is 0. The fourth-order valence-corrected chi connectivity index (χ4v) is 3.57. The van der Waals surface area contributed by atoms with Gasteiger partial charge in [0.25, 0.3) is 0 Å². The normalized spacial score (nSPS) is 43.6. The van der Waals surface area contributed by atoms with Crippen molar-refractivity contribution in [3.63, 3.8) is 0 Å². The van der Waals surface area contributed by atoms with Crippen LogP contribution in [-0.2, 0) is 4.79 Å². The highest BCUT2D eigenvalue weighted by Crippen LogP contribution is 2.44. The standard InChI is InChI=1S/C14H18O/c15-14-12-7-3-1-5-10(12)9-11-6-2-4-8-13(11)14/h1-2,5-6,10-13H,3-4,7-9H2/t10-,11+,12-,13+. The van der Waals surface area contributed by atoms with Gasteiger partial charge in [-0.05, 0) is 43.9 Å². The molecule has 3 aliphatic rings. The number of fused-ring (bicyclic) bond motifs is 2. The number of hydrogen-bond acceptors (Lipinski definition) is 1. The largest absolute Gasteiger partial charge is 0.299 e. The lowest BCUT2D eigenvalue weighted by Gasteiger charge is -2.41. The van der Waals surface area contributed by atoms with Crippen LogP contribution in [0.3, 0.4) is 0 Å². The summed E-state index contributed by atoms with van der Waals surface area (Å²) in [4.78, 5) is 12.3. The summed E-state index contributed by atoms with van der Waals surface area (Å²) in [6, 6.07) is 0. The number of rotatable bonds is 0. The fraction of sp³-hybridized carbons (Fsp3) is 0.643. The van der Waals surface area contributed by atoms with Crippen LogP contribution in [0.2, 0.25) is 0 Å². The van der Waals surface area contributed by atoms with Crippen LogP contribution in [0.5, 0.6) is 0 Å². The first-order chi connectivity index (χ1) is 7.36. The molecule has 0 saturated heterocycles. The second-order valence-electron chi connectivity index (χ2n) is 5.19. The molecule has 3 aliphatic carbocycles. The second-order valence-corrected chi connectivity index (χ2v) is 5.19.